The topological polar surface area (TPSA) is 70.0 Å². The molecule has 0 bridgehead atoms. The zero-order valence-corrected chi connectivity index (χ0v) is 9.52. The van der Waals surface area contributed by atoms with Gasteiger partial charge in [0.05, 0.1) is 11.1 Å². The number of oxime groups is 1. The van der Waals surface area contributed by atoms with Gasteiger partial charge in [-0.25, -0.2) is 0 Å². The highest BCUT2D eigenvalue weighted by Crippen LogP contribution is 2.22. The van der Waals surface area contributed by atoms with Crippen molar-refractivity contribution >= 4 is 28.6 Å². The summed E-state index contributed by atoms with van der Waals surface area (Å²) in [6.07, 6.45) is 0.142. The highest BCUT2D eigenvalue weighted by molar-refractivity contribution is 6.65. The van der Waals surface area contributed by atoms with Crippen LogP contribution in [0.3, 0.4) is 0 Å². The van der Waals surface area contributed by atoms with Crippen LogP contribution in [0.25, 0.3) is 0 Å². The summed E-state index contributed by atoms with van der Waals surface area (Å²) in [6.45, 7) is 0.106. The van der Waals surface area contributed by atoms with Gasteiger partial charge in [0.25, 0.3) is 11.8 Å². The summed E-state index contributed by atoms with van der Waals surface area (Å²) in [4.78, 5) is 24.8. The quantitative estimate of drug-likeness (QED) is 0.385. The monoisotopic (exact) mass is 252 g/mol. The standard InChI is InChI=1S/C11H9ClN2O3/c12-9(13-17)5-6-14-10(15)7-3-1-2-4-8(7)11(14)16/h1-4,17H,5-6H2. The lowest BCUT2D eigenvalue weighted by molar-refractivity contribution is 0.0658. The van der Waals surface area contributed by atoms with Crippen LogP contribution >= 0.6 is 11.6 Å². The predicted molar refractivity (Wildman–Crippen MR) is 61.5 cm³/mol. The molecule has 6 heteroatoms. The van der Waals surface area contributed by atoms with Gasteiger partial charge in [0.2, 0.25) is 0 Å². The lowest BCUT2D eigenvalue weighted by atomic mass is 10.1. The Balaban J connectivity index is 2.19. The zero-order valence-electron chi connectivity index (χ0n) is 8.76. The van der Waals surface area contributed by atoms with Crippen molar-refractivity contribution < 1.29 is 14.8 Å². The van der Waals surface area contributed by atoms with Crippen molar-refractivity contribution in [3.8, 4) is 0 Å². The number of benzene rings is 1. The maximum absolute atomic E-state index is 11.9. The summed E-state index contributed by atoms with van der Waals surface area (Å²) >= 11 is 5.50. The number of carbonyl (C=O) groups is 2. The van der Waals surface area contributed by atoms with E-state index in [1.807, 2.05) is 0 Å². The molecule has 2 rings (SSSR count). The van der Waals surface area contributed by atoms with Gasteiger partial charge in [0.15, 0.2) is 0 Å². The molecule has 0 saturated carbocycles. The summed E-state index contributed by atoms with van der Waals surface area (Å²) in [7, 11) is 0. The van der Waals surface area contributed by atoms with Crippen molar-refractivity contribution in [3.63, 3.8) is 0 Å². The minimum atomic E-state index is -0.340. The molecule has 5 nitrogen and oxygen atoms in total. The lowest BCUT2D eigenvalue weighted by Crippen LogP contribution is -2.31. The third-order valence-corrected chi connectivity index (χ3v) is 2.79. The predicted octanol–water partition coefficient (Wildman–Crippen LogP) is 1.70. The van der Waals surface area contributed by atoms with Crippen LogP contribution in [0.2, 0.25) is 0 Å². The summed E-state index contributed by atoms with van der Waals surface area (Å²) < 4.78 is 0. The summed E-state index contributed by atoms with van der Waals surface area (Å²) in [5.74, 6) is -0.680. The lowest BCUT2D eigenvalue weighted by Gasteiger charge is -2.12. The van der Waals surface area contributed by atoms with Crippen molar-refractivity contribution in [1.82, 2.24) is 4.90 Å². The van der Waals surface area contributed by atoms with E-state index in [0.29, 0.717) is 11.1 Å². The first-order valence-corrected chi connectivity index (χ1v) is 5.34. The Kier molecular flexibility index (Phi) is 3.10. The van der Waals surface area contributed by atoms with E-state index < -0.39 is 0 Å². The average Bonchev–Trinajstić information content (AvgIpc) is 2.60. The van der Waals surface area contributed by atoms with E-state index in [1.165, 1.54) is 0 Å². The van der Waals surface area contributed by atoms with Gasteiger partial charge in [-0.2, -0.15) is 0 Å². The van der Waals surface area contributed by atoms with Crippen LogP contribution < -0.4 is 0 Å². The van der Waals surface area contributed by atoms with Gasteiger partial charge in [-0.05, 0) is 12.1 Å². The van der Waals surface area contributed by atoms with Crippen molar-refractivity contribution in [3.05, 3.63) is 35.4 Å². The molecule has 1 aliphatic heterocycles. The fraction of sp³-hybridized carbons (Fsp3) is 0.182. The molecule has 0 atom stereocenters. The fourth-order valence-electron chi connectivity index (χ4n) is 1.70. The van der Waals surface area contributed by atoms with E-state index in [9.17, 15) is 9.59 Å². The average molecular weight is 253 g/mol. The number of imide groups is 1. The maximum atomic E-state index is 11.9. The van der Waals surface area contributed by atoms with E-state index in [2.05, 4.69) is 5.16 Å². The Hall–Kier alpha value is -1.88. The van der Waals surface area contributed by atoms with Gasteiger partial charge in [0, 0.05) is 13.0 Å². The van der Waals surface area contributed by atoms with Gasteiger partial charge < -0.3 is 5.21 Å². The largest absolute Gasteiger partial charge is 0.410 e. The Labute approximate surface area is 102 Å². The van der Waals surface area contributed by atoms with Gasteiger partial charge in [0.1, 0.15) is 5.17 Å². The Morgan fingerprint density at radius 3 is 2.24 bits per heavy atom. The van der Waals surface area contributed by atoms with E-state index in [4.69, 9.17) is 16.8 Å². The second kappa shape index (κ2) is 4.55. The van der Waals surface area contributed by atoms with Crippen LogP contribution in [0.1, 0.15) is 27.1 Å². The molecule has 1 aromatic rings. The number of fused-ring (bicyclic) bond motifs is 1. The van der Waals surface area contributed by atoms with Crippen molar-refractivity contribution in [2.45, 2.75) is 6.42 Å². The molecule has 0 aromatic heterocycles. The smallest absolute Gasteiger partial charge is 0.261 e. The summed E-state index contributed by atoms with van der Waals surface area (Å²) in [6, 6.07) is 6.62. The molecule has 1 N–H and O–H groups in total. The molecule has 2 amide bonds. The molecular formula is C11H9ClN2O3. The van der Waals surface area contributed by atoms with Crippen LogP contribution in [0.15, 0.2) is 29.4 Å². The maximum Gasteiger partial charge on any atom is 0.261 e. The summed E-state index contributed by atoms with van der Waals surface area (Å²) in [5.41, 5.74) is 0.795. The first kappa shape index (κ1) is 11.6. The van der Waals surface area contributed by atoms with Crippen LogP contribution in [0.5, 0.6) is 0 Å². The summed E-state index contributed by atoms with van der Waals surface area (Å²) in [5, 5.41) is 11.1. The van der Waals surface area contributed by atoms with E-state index in [0.717, 1.165) is 4.90 Å². The Morgan fingerprint density at radius 2 is 1.76 bits per heavy atom. The number of rotatable bonds is 3. The Morgan fingerprint density at radius 1 is 1.24 bits per heavy atom. The third-order valence-electron chi connectivity index (χ3n) is 2.53. The van der Waals surface area contributed by atoms with Gasteiger partial charge in [-0.1, -0.05) is 28.9 Å². The molecule has 0 aliphatic carbocycles. The number of nitrogens with zero attached hydrogens (tertiary/aromatic N) is 2. The molecule has 0 saturated heterocycles. The molecule has 0 fully saturated rings. The van der Waals surface area contributed by atoms with Gasteiger partial charge in [-0.15, -0.1) is 0 Å². The second-order valence-corrected chi connectivity index (χ2v) is 3.97. The number of halogens is 1. The van der Waals surface area contributed by atoms with Crippen LogP contribution in [0, 0.1) is 0 Å². The first-order chi connectivity index (χ1) is 8.15. The van der Waals surface area contributed by atoms with Crippen molar-refractivity contribution in [2.75, 3.05) is 6.54 Å². The normalized spacial score (nSPS) is 15.4. The zero-order chi connectivity index (χ0) is 12.4. The molecule has 0 spiro atoms. The van der Waals surface area contributed by atoms with Gasteiger partial charge in [-0.3, -0.25) is 14.5 Å². The fourth-order valence-corrected chi connectivity index (χ4v) is 1.78. The Bertz CT molecular complexity index is 478. The number of amides is 2. The third kappa shape index (κ3) is 2.01. The van der Waals surface area contributed by atoms with Crippen LogP contribution in [-0.4, -0.2) is 33.6 Å². The SMILES string of the molecule is O=C1c2ccccc2C(=O)N1CCC(Cl)=NO. The number of hydrogen-bond donors (Lipinski definition) is 1. The molecule has 0 unspecified atom stereocenters. The molecule has 1 heterocycles. The van der Waals surface area contributed by atoms with E-state index in [1.54, 1.807) is 24.3 Å². The molecule has 88 valence electrons. The molecule has 0 radical (unpaired) electrons. The number of hydrogen-bond acceptors (Lipinski definition) is 4. The first-order valence-electron chi connectivity index (χ1n) is 4.97. The highest BCUT2D eigenvalue weighted by atomic mass is 35.5. The molecular weight excluding hydrogens is 244 g/mol. The van der Waals surface area contributed by atoms with Crippen LogP contribution in [-0.2, 0) is 0 Å². The number of carbonyl (C=O) groups excluding carboxylic acids is 2. The highest BCUT2D eigenvalue weighted by Gasteiger charge is 2.34. The minimum absolute atomic E-state index is 0.0402. The minimum Gasteiger partial charge on any atom is -0.410 e. The van der Waals surface area contributed by atoms with E-state index in [-0.39, 0.29) is 30.0 Å². The van der Waals surface area contributed by atoms with Crippen LogP contribution in [0.4, 0.5) is 0 Å². The van der Waals surface area contributed by atoms with E-state index >= 15 is 0 Å². The van der Waals surface area contributed by atoms with Crippen molar-refractivity contribution in [1.29, 1.82) is 0 Å². The molecule has 1 aromatic carbocycles. The van der Waals surface area contributed by atoms with Gasteiger partial charge >= 0.3 is 0 Å². The molecule has 1 aliphatic rings. The van der Waals surface area contributed by atoms with Crippen molar-refractivity contribution in [2.24, 2.45) is 5.16 Å². The molecule has 17 heavy (non-hydrogen) atoms. The second-order valence-electron chi connectivity index (χ2n) is 3.53.